The van der Waals surface area contributed by atoms with Crippen LogP contribution in [0.15, 0.2) is 108 Å². The molecule has 0 spiro atoms. The first kappa shape index (κ1) is 27.9. The summed E-state index contributed by atoms with van der Waals surface area (Å²) in [5, 5.41) is 25.8. The lowest BCUT2D eigenvalue weighted by Gasteiger charge is -2.06. The first-order chi connectivity index (χ1) is 18.1. The number of fused-ring (bicyclic) bond motifs is 1. The van der Waals surface area contributed by atoms with E-state index < -0.39 is 40.1 Å². The summed E-state index contributed by atoms with van der Waals surface area (Å²) in [5.41, 5.74) is -0.177. The van der Waals surface area contributed by atoms with Crippen molar-refractivity contribution in [3.8, 4) is 5.75 Å². The van der Waals surface area contributed by atoms with E-state index in [2.05, 4.69) is 20.5 Å². The van der Waals surface area contributed by atoms with Crippen molar-refractivity contribution >= 4 is 63.9 Å². The molecular formula is C22H16N4O10S3. The monoisotopic (exact) mass is 592 g/mol. The van der Waals surface area contributed by atoms with Crippen molar-refractivity contribution in [3.05, 3.63) is 72.8 Å². The fourth-order valence-corrected chi connectivity index (χ4v) is 4.94. The lowest BCUT2D eigenvalue weighted by Crippen LogP contribution is -1.98. The van der Waals surface area contributed by atoms with Gasteiger partial charge in [-0.3, -0.25) is 13.7 Å². The maximum Gasteiger partial charge on any atom is 0.296 e. The normalized spacial score (nSPS) is 13.0. The molecule has 14 nitrogen and oxygen atoms in total. The topological polar surface area (TPSA) is 233 Å². The average molecular weight is 593 g/mol. The third kappa shape index (κ3) is 6.48. The lowest BCUT2D eigenvalue weighted by atomic mass is 10.1. The van der Waals surface area contributed by atoms with Gasteiger partial charge in [0.05, 0.1) is 26.9 Å². The standard InChI is InChI=1S/C22H16N4O10S3/c27-21-10-9-19(18-12-16(38(31,32)33)6-7-17(18)21)25-26-20-8-3-14(11-22(20)39(34,35)36)24-23-13-1-4-15(5-2-13)37(28,29)30/h1-12,27H,(H,28,29,30)(H,31,32,33)(H,34,35,36). The maximum atomic E-state index is 12.0. The smallest absolute Gasteiger partial charge is 0.296 e. The Hall–Kier alpha value is -4.13. The summed E-state index contributed by atoms with van der Waals surface area (Å²) in [6, 6.07) is 14.0. The predicted octanol–water partition coefficient (Wildman–Crippen LogP) is 5.12. The van der Waals surface area contributed by atoms with E-state index in [1.54, 1.807) is 0 Å². The van der Waals surface area contributed by atoms with E-state index in [0.717, 1.165) is 36.4 Å². The van der Waals surface area contributed by atoms with E-state index in [-0.39, 0.29) is 44.2 Å². The second kappa shape index (κ2) is 10.2. The van der Waals surface area contributed by atoms with Crippen LogP contribution in [0.4, 0.5) is 22.7 Å². The number of aromatic hydroxyl groups is 1. The van der Waals surface area contributed by atoms with E-state index in [9.17, 15) is 39.5 Å². The summed E-state index contributed by atoms with van der Waals surface area (Å²) >= 11 is 0. The first-order valence-corrected chi connectivity index (χ1v) is 14.7. The fourth-order valence-electron chi connectivity index (χ4n) is 3.31. The van der Waals surface area contributed by atoms with Gasteiger partial charge in [0.25, 0.3) is 30.4 Å². The zero-order chi connectivity index (χ0) is 28.6. The molecule has 0 unspecified atom stereocenters. The number of rotatable bonds is 7. The molecule has 0 fully saturated rings. The van der Waals surface area contributed by atoms with Crippen molar-refractivity contribution in [2.45, 2.75) is 14.7 Å². The Morgan fingerprint density at radius 2 is 1.03 bits per heavy atom. The summed E-state index contributed by atoms with van der Waals surface area (Å²) in [4.78, 5) is -1.52. The van der Waals surface area contributed by atoms with Gasteiger partial charge in [0.2, 0.25) is 0 Å². The molecule has 0 atom stereocenters. The molecule has 0 aliphatic carbocycles. The highest BCUT2D eigenvalue weighted by atomic mass is 32.2. The molecule has 4 N–H and O–H groups in total. The van der Waals surface area contributed by atoms with Crippen LogP contribution in [-0.2, 0) is 30.4 Å². The van der Waals surface area contributed by atoms with Crippen molar-refractivity contribution < 1.29 is 44.0 Å². The Bertz CT molecular complexity index is 1990. The summed E-state index contributed by atoms with van der Waals surface area (Å²) in [5.74, 6) is -0.216. The van der Waals surface area contributed by atoms with Gasteiger partial charge in [0, 0.05) is 10.8 Å². The average Bonchev–Trinajstić information content (AvgIpc) is 2.86. The molecule has 202 valence electrons. The molecule has 0 radical (unpaired) electrons. The summed E-state index contributed by atoms with van der Waals surface area (Å²) < 4.78 is 97.4. The maximum absolute atomic E-state index is 12.0. The second-order valence-corrected chi connectivity index (χ2v) is 12.0. The van der Waals surface area contributed by atoms with Crippen molar-refractivity contribution in [3.63, 3.8) is 0 Å². The molecule has 0 saturated carbocycles. The summed E-state index contributed by atoms with van der Waals surface area (Å²) in [7, 11) is -13.8. The number of hydrogen-bond donors (Lipinski definition) is 4. The van der Waals surface area contributed by atoms with Crippen LogP contribution >= 0.6 is 0 Å². The van der Waals surface area contributed by atoms with Crippen LogP contribution in [0.3, 0.4) is 0 Å². The van der Waals surface area contributed by atoms with Crippen LogP contribution in [0.1, 0.15) is 0 Å². The van der Waals surface area contributed by atoms with Gasteiger partial charge in [0.1, 0.15) is 16.3 Å². The Morgan fingerprint density at radius 1 is 0.487 bits per heavy atom. The fraction of sp³-hybridized carbons (Fsp3) is 0. The minimum atomic E-state index is -4.84. The molecule has 0 aromatic heterocycles. The number of phenols is 1. The Balaban J connectivity index is 1.72. The number of benzene rings is 4. The van der Waals surface area contributed by atoms with Crippen LogP contribution in [0.25, 0.3) is 10.8 Å². The van der Waals surface area contributed by atoms with E-state index in [1.807, 2.05) is 0 Å². The van der Waals surface area contributed by atoms with Crippen molar-refractivity contribution in [2.24, 2.45) is 20.5 Å². The van der Waals surface area contributed by atoms with E-state index in [4.69, 9.17) is 4.55 Å². The van der Waals surface area contributed by atoms with Crippen LogP contribution in [0, 0.1) is 0 Å². The van der Waals surface area contributed by atoms with Crippen molar-refractivity contribution in [2.75, 3.05) is 0 Å². The third-order valence-corrected chi connectivity index (χ3v) is 7.74. The van der Waals surface area contributed by atoms with Crippen LogP contribution < -0.4 is 0 Å². The molecule has 4 aromatic carbocycles. The highest BCUT2D eigenvalue weighted by molar-refractivity contribution is 7.86. The third-order valence-electron chi connectivity index (χ3n) is 5.14. The van der Waals surface area contributed by atoms with Gasteiger partial charge in [-0.1, -0.05) is 0 Å². The van der Waals surface area contributed by atoms with E-state index in [1.165, 1.54) is 36.4 Å². The highest BCUT2D eigenvalue weighted by Crippen LogP contribution is 2.36. The minimum absolute atomic E-state index is 0.00620. The Labute approximate surface area is 221 Å². The molecule has 0 saturated heterocycles. The van der Waals surface area contributed by atoms with Gasteiger partial charge in [0.15, 0.2) is 0 Å². The predicted molar refractivity (Wildman–Crippen MR) is 136 cm³/mol. The quantitative estimate of drug-likeness (QED) is 0.163. The summed E-state index contributed by atoms with van der Waals surface area (Å²) in [6.45, 7) is 0. The Kier molecular flexibility index (Phi) is 7.30. The molecule has 0 heterocycles. The number of hydrogen-bond acceptors (Lipinski definition) is 11. The largest absolute Gasteiger partial charge is 0.507 e. The van der Waals surface area contributed by atoms with Gasteiger partial charge in [-0.15, -0.1) is 10.2 Å². The zero-order valence-electron chi connectivity index (χ0n) is 19.2. The Morgan fingerprint density at radius 3 is 1.64 bits per heavy atom. The summed E-state index contributed by atoms with van der Waals surface area (Å²) in [6.07, 6.45) is 0. The van der Waals surface area contributed by atoms with E-state index >= 15 is 0 Å². The molecular weight excluding hydrogens is 576 g/mol. The molecule has 39 heavy (non-hydrogen) atoms. The van der Waals surface area contributed by atoms with Gasteiger partial charge < -0.3 is 5.11 Å². The molecule has 0 aliphatic rings. The van der Waals surface area contributed by atoms with Gasteiger partial charge in [-0.25, -0.2) is 0 Å². The number of azo groups is 2. The van der Waals surface area contributed by atoms with Gasteiger partial charge in [-0.2, -0.15) is 35.5 Å². The molecule has 4 rings (SSSR count). The molecule has 17 heteroatoms. The van der Waals surface area contributed by atoms with Crippen LogP contribution in [0.2, 0.25) is 0 Å². The van der Waals surface area contributed by atoms with E-state index in [0.29, 0.717) is 0 Å². The van der Waals surface area contributed by atoms with Gasteiger partial charge >= 0.3 is 0 Å². The molecule has 0 bridgehead atoms. The SMILES string of the molecule is O=S(=O)(O)c1ccc(N=Nc2ccc(N=Nc3ccc(O)c4ccc(S(=O)(=O)O)cc34)c(S(=O)(=O)O)c2)cc1. The first-order valence-electron chi connectivity index (χ1n) is 10.4. The number of nitrogens with zero attached hydrogens (tertiary/aromatic N) is 4. The van der Waals surface area contributed by atoms with Crippen LogP contribution in [0.5, 0.6) is 5.75 Å². The molecule has 0 amide bonds. The lowest BCUT2D eigenvalue weighted by molar-refractivity contribution is 0.480. The minimum Gasteiger partial charge on any atom is -0.507 e. The van der Waals surface area contributed by atoms with Crippen molar-refractivity contribution in [1.29, 1.82) is 0 Å². The molecule has 4 aromatic rings. The highest BCUT2D eigenvalue weighted by Gasteiger charge is 2.18. The van der Waals surface area contributed by atoms with Crippen LogP contribution in [-0.4, -0.2) is 44.0 Å². The number of phenolic OH excluding ortho intramolecular Hbond substituents is 1. The van der Waals surface area contributed by atoms with Gasteiger partial charge in [-0.05, 0) is 72.8 Å². The van der Waals surface area contributed by atoms with Crippen molar-refractivity contribution in [1.82, 2.24) is 0 Å². The second-order valence-electron chi connectivity index (χ2n) is 7.78. The molecule has 0 aliphatic heterocycles. The zero-order valence-corrected chi connectivity index (χ0v) is 21.6.